The molecular weight excluding hydrogens is 538 g/mol. The van der Waals surface area contributed by atoms with E-state index in [9.17, 15) is 0 Å². The van der Waals surface area contributed by atoms with Crippen LogP contribution < -0.4 is 0 Å². The van der Waals surface area contributed by atoms with Crippen LogP contribution in [0.2, 0.25) is 0 Å². The van der Waals surface area contributed by atoms with E-state index < -0.39 is 0 Å². The summed E-state index contributed by atoms with van der Waals surface area (Å²) in [5, 5.41) is 4.53. The Morgan fingerprint density at radius 3 is 1.27 bits per heavy atom. The van der Waals surface area contributed by atoms with E-state index in [0.29, 0.717) is 0 Å². The van der Waals surface area contributed by atoms with Crippen LogP contribution in [0, 0.1) is 0 Å². The number of rotatable bonds is 4. The maximum atomic E-state index is 6.33. The fourth-order valence-corrected chi connectivity index (χ4v) is 6.44. The zero-order valence-corrected chi connectivity index (χ0v) is 23.7. The standard InChI is InChI=1S/C41H25NO2/c1-3-19-38-34(13-1)36-17-7-15-32(40(36)43-38)28-11-5-9-26(21-28)30-23-31(25-42-24-30)27-10-6-12-29(22-27)33-16-8-18-37-35-14-2-4-20-39(35)44-41(33)37/h1-25H. The molecular formula is C41H25NO2. The lowest BCUT2D eigenvalue weighted by atomic mass is 9.95. The predicted octanol–water partition coefficient (Wildman–Crippen LogP) is 11.5. The zero-order chi connectivity index (χ0) is 29.0. The van der Waals surface area contributed by atoms with E-state index in [0.717, 1.165) is 88.4 Å². The summed E-state index contributed by atoms with van der Waals surface area (Å²) in [5.41, 5.74) is 12.3. The molecule has 0 saturated carbocycles. The largest absolute Gasteiger partial charge is 0.455 e. The zero-order valence-electron chi connectivity index (χ0n) is 23.7. The fourth-order valence-electron chi connectivity index (χ4n) is 6.44. The van der Waals surface area contributed by atoms with Gasteiger partial charge in [-0.2, -0.15) is 0 Å². The summed E-state index contributed by atoms with van der Waals surface area (Å²) in [6.45, 7) is 0. The first-order valence-corrected chi connectivity index (χ1v) is 14.8. The third-order valence-corrected chi connectivity index (χ3v) is 8.56. The molecule has 0 spiro atoms. The van der Waals surface area contributed by atoms with Gasteiger partial charge in [0.1, 0.15) is 22.3 Å². The van der Waals surface area contributed by atoms with Crippen LogP contribution in [-0.4, -0.2) is 4.98 Å². The van der Waals surface area contributed by atoms with E-state index in [1.54, 1.807) is 0 Å². The smallest absolute Gasteiger partial charge is 0.143 e. The van der Waals surface area contributed by atoms with Crippen molar-refractivity contribution in [2.75, 3.05) is 0 Å². The Morgan fingerprint density at radius 1 is 0.341 bits per heavy atom. The molecule has 0 radical (unpaired) electrons. The summed E-state index contributed by atoms with van der Waals surface area (Å²) < 4.78 is 12.7. The first-order chi connectivity index (χ1) is 21.8. The van der Waals surface area contributed by atoms with E-state index >= 15 is 0 Å². The first-order valence-electron chi connectivity index (χ1n) is 14.8. The van der Waals surface area contributed by atoms with Crippen LogP contribution in [0.1, 0.15) is 0 Å². The van der Waals surface area contributed by atoms with Crippen molar-refractivity contribution in [2.45, 2.75) is 0 Å². The molecule has 3 aromatic heterocycles. The average molecular weight is 564 g/mol. The summed E-state index contributed by atoms with van der Waals surface area (Å²) in [6.07, 6.45) is 3.87. The van der Waals surface area contributed by atoms with Gasteiger partial charge in [-0.05, 0) is 52.6 Å². The number of para-hydroxylation sites is 4. The van der Waals surface area contributed by atoms with Crippen molar-refractivity contribution in [1.29, 1.82) is 0 Å². The van der Waals surface area contributed by atoms with Gasteiger partial charge >= 0.3 is 0 Å². The van der Waals surface area contributed by atoms with E-state index in [1.165, 1.54) is 0 Å². The highest BCUT2D eigenvalue weighted by atomic mass is 16.3. The predicted molar refractivity (Wildman–Crippen MR) is 181 cm³/mol. The molecule has 9 aromatic rings. The first kappa shape index (κ1) is 24.6. The summed E-state index contributed by atoms with van der Waals surface area (Å²) in [7, 11) is 0. The Kier molecular flexibility index (Phi) is 5.50. The molecule has 0 atom stereocenters. The molecule has 0 aliphatic rings. The van der Waals surface area contributed by atoms with Crippen LogP contribution in [0.3, 0.4) is 0 Å². The second-order valence-electron chi connectivity index (χ2n) is 11.2. The highest BCUT2D eigenvalue weighted by Crippen LogP contribution is 2.39. The molecule has 0 unspecified atom stereocenters. The molecule has 9 rings (SSSR count). The molecule has 0 fully saturated rings. The van der Waals surface area contributed by atoms with Crippen LogP contribution in [-0.2, 0) is 0 Å². The number of benzene rings is 6. The molecule has 6 aromatic carbocycles. The summed E-state index contributed by atoms with van der Waals surface area (Å²) in [4.78, 5) is 4.66. The Labute approximate surface area is 253 Å². The number of nitrogens with zero attached hydrogens (tertiary/aromatic N) is 1. The third kappa shape index (κ3) is 3.94. The molecule has 3 heteroatoms. The second-order valence-corrected chi connectivity index (χ2v) is 11.2. The maximum absolute atomic E-state index is 6.33. The molecule has 44 heavy (non-hydrogen) atoms. The molecule has 0 N–H and O–H groups in total. The number of furan rings is 2. The minimum absolute atomic E-state index is 0.904. The summed E-state index contributed by atoms with van der Waals surface area (Å²) in [5.74, 6) is 0. The van der Waals surface area contributed by atoms with Crippen molar-refractivity contribution < 1.29 is 8.83 Å². The number of hydrogen-bond donors (Lipinski definition) is 0. The van der Waals surface area contributed by atoms with Gasteiger partial charge in [0.05, 0.1) is 0 Å². The van der Waals surface area contributed by atoms with E-state index in [1.807, 2.05) is 36.7 Å². The topological polar surface area (TPSA) is 39.2 Å². The molecule has 3 nitrogen and oxygen atoms in total. The van der Waals surface area contributed by atoms with Gasteiger partial charge < -0.3 is 8.83 Å². The number of aromatic nitrogens is 1. The summed E-state index contributed by atoms with van der Waals surface area (Å²) in [6, 6.07) is 48.6. The van der Waals surface area contributed by atoms with Gasteiger partial charge in [0.2, 0.25) is 0 Å². The van der Waals surface area contributed by atoms with Crippen LogP contribution >= 0.6 is 0 Å². The van der Waals surface area contributed by atoms with Gasteiger partial charge in [0, 0.05) is 56.2 Å². The van der Waals surface area contributed by atoms with Crippen molar-refractivity contribution in [3.05, 3.63) is 152 Å². The van der Waals surface area contributed by atoms with Crippen molar-refractivity contribution in [3.63, 3.8) is 0 Å². The van der Waals surface area contributed by atoms with Crippen molar-refractivity contribution >= 4 is 43.9 Å². The normalized spacial score (nSPS) is 11.6. The molecule has 0 aliphatic heterocycles. The molecule has 0 aliphatic carbocycles. The molecule has 0 saturated heterocycles. The third-order valence-electron chi connectivity index (χ3n) is 8.56. The van der Waals surface area contributed by atoms with Gasteiger partial charge in [-0.1, -0.05) is 109 Å². The van der Waals surface area contributed by atoms with Crippen LogP contribution in [0.5, 0.6) is 0 Å². The minimum Gasteiger partial charge on any atom is -0.455 e. The van der Waals surface area contributed by atoms with Gasteiger partial charge in [-0.3, -0.25) is 4.98 Å². The number of fused-ring (bicyclic) bond motifs is 6. The summed E-state index contributed by atoms with van der Waals surface area (Å²) >= 11 is 0. The minimum atomic E-state index is 0.904. The molecule has 3 heterocycles. The highest BCUT2D eigenvalue weighted by Gasteiger charge is 2.14. The Bertz CT molecular complexity index is 2340. The monoisotopic (exact) mass is 563 g/mol. The van der Waals surface area contributed by atoms with Gasteiger partial charge in [0.25, 0.3) is 0 Å². The molecule has 0 amide bonds. The van der Waals surface area contributed by atoms with Crippen LogP contribution in [0.4, 0.5) is 0 Å². The molecule has 206 valence electrons. The Hall–Kier alpha value is -5.93. The molecule has 0 bridgehead atoms. The van der Waals surface area contributed by atoms with Gasteiger partial charge in [-0.15, -0.1) is 0 Å². The lowest BCUT2D eigenvalue weighted by molar-refractivity contribution is 0.669. The average Bonchev–Trinajstić information content (AvgIpc) is 3.67. The van der Waals surface area contributed by atoms with E-state index in [4.69, 9.17) is 8.83 Å². The van der Waals surface area contributed by atoms with E-state index in [2.05, 4.69) is 120 Å². The lowest BCUT2D eigenvalue weighted by Crippen LogP contribution is -1.87. The second kappa shape index (κ2) is 9.82. The van der Waals surface area contributed by atoms with Gasteiger partial charge in [0.15, 0.2) is 0 Å². The Balaban J connectivity index is 1.11. The van der Waals surface area contributed by atoms with E-state index in [-0.39, 0.29) is 0 Å². The van der Waals surface area contributed by atoms with Gasteiger partial charge in [-0.25, -0.2) is 0 Å². The van der Waals surface area contributed by atoms with Crippen LogP contribution in [0.25, 0.3) is 88.4 Å². The van der Waals surface area contributed by atoms with Crippen LogP contribution in [0.15, 0.2) is 161 Å². The maximum Gasteiger partial charge on any atom is 0.143 e. The van der Waals surface area contributed by atoms with Crippen molar-refractivity contribution in [3.8, 4) is 44.5 Å². The van der Waals surface area contributed by atoms with Crippen molar-refractivity contribution in [1.82, 2.24) is 4.98 Å². The van der Waals surface area contributed by atoms with Crippen molar-refractivity contribution in [2.24, 2.45) is 0 Å². The highest BCUT2D eigenvalue weighted by molar-refractivity contribution is 6.10. The number of pyridine rings is 1. The lowest BCUT2D eigenvalue weighted by Gasteiger charge is -2.10. The SMILES string of the molecule is c1cc(-c2cncc(-c3cccc(-c4cccc5c4oc4ccccc45)c3)c2)cc(-c2cccc3c2oc2ccccc23)c1. The Morgan fingerprint density at radius 2 is 0.750 bits per heavy atom. The number of hydrogen-bond acceptors (Lipinski definition) is 3. The quantitative estimate of drug-likeness (QED) is 0.214. The fraction of sp³-hybridized carbons (Fsp3) is 0.